The fourth-order valence-corrected chi connectivity index (χ4v) is 2.51. The van der Waals surface area contributed by atoms with Gasteiger partial charge in [0.1, 0.15) is 11.5 Å². The maximum Gasteiger partial charge on any atom is 0.146 e. The van der Waals surface area contributed by atoms with E-state index >= 15 is 0 Å². The number of aliphatic hydroxyl groups is 1. The minimum atomic E-state index is -0.686. The number of ether oxygens (including phenoxy) is 1. The SMILES string of the molecule is OC1(c2ccc(Oc3ccccc3)c(Cl)c2)CCC1. The zero-order chi connectivity index (χ0) is 13.3. The molecule has 0 aliphatic heterocycles. The second-order valence-electron chi connectivity index (χ2n) is 4.95. The lowest BCUT2D eigenvalue weighted by Gasteiger charge is -2.37. The first kappa shape index (κ1) is 12.5. The molecular formula is C16H15ClO2. The molecule has 19 heavy (non-hydrogen) atoms. The van der Waals surface area contributed by atoms with E-state index in [1.165, 1.54) is 0 Å². The summed E-state index contributed by atoms with van der Waals surface area (Å²) < 4.78 is 5.71. The fourth-order valence-electron chi connectivity index (χ4n) is 2.29. The topological polar surface area (TPSA) is 29.5 Å². The molecule has 0 spiro atoms. The molecule has 0 bridgehead atoms. The third kappa shape index (κ3) is 2.46. The van der Waals surface area contributed by atoms with Crippen molar-refractivity contribution in [3.8, 4) is 11.5 Å². The third-order valence-electron chi connectivity index (χ3n) is 3.62. The van der Waals surface area contributed by atoms with Crippen LogP contribution < -0.4 is 4.74 Å². The van der Waals surface area contributed by atoms with Gasteiger partial charge in [0.05, 0.1) is 10.6 Å². The Kier molecular flexibility index (Phi) is 3.21. The minimum absolute atomic E-state index is 0.529. The molecule has 0 unspecified atom stereocenters. The standard InChI is InChI=1S/C16H15ClO2/c17-14-11-12(16(18)9-4-10-16)7-8-15(14)19-13-5-2-1-3-6-13/h1-3,5-8,11,18H,4,9-10H2. The minimum Gasteiger partial charge on any atom is -0.456 e. The van der Waals surface area contributed by atoms with Crippen LogP contribution in [-0.2, 0) is 5.60 Å². The molecule has 0 saturated heterocycles. The number of rotatable bonds is 3. The molecule has 0 atom stereocenters. The van der Waals surface area contributed by atoms with Crippen LogP contribution in [0.4, 0.5) is 0 Å². The first-order chi connectivity index (χ1) is 9.17. The molecule has 1 fully saturated rings. The van der Waals surface area contributed by atoms with Crippen LogP contribution in [0.1, 0.15) is 24.8 Å². The summed E-state index contributed by atoms with van der Waals surface area (Å²) in [6.07, 6.45) is 2.68. The predicted molar refractivity (Wildman–Crippen MR) is 75.7 cm³/mol. The summed E-state index contributed by atoms with van der Waals surface area (Å²) in [7, 11) is 0. The average molecular weight is 275 g/mol. The maximum absolute atomic E-state index is 10.3. The molecule has 0 amide bonds. The Morgan fingerprint density at radius 3 is 2.37 bits per heavy atom. The van der Waals surface area contributed by atoms with E-state index in [-0.39, 0.29) is 0 Å². The number of benzene rings is 2. The van der Waals surface area contributed by atoms with E-state index in [9.17, 15) is 5.11 Å². The molecule has 2 nitrogen and oxygen atoms in total. The van der Waals surface area contributed by atoms with Crippen LogP contribution in [0.2, 0.25) is 5.02 Å². The van der Waals surface area contributed by atoms with Crippen LogP contribution in [-0.4, -0.2) is 5.11 Å². The molecular weight excluding hydrogens is 260 g/mol. The highest BCUT2D eigenvalue weighted by Crippen LogP contribution is 2.43. The summed E-state index contributed by atoms with van der Waals surface area (Å²) in [5, 5.41) is 10.8. The van der Waals surface area contributed by atoms with E-state index in [1.54, 1.807) is 6.07 Å². The van der Waals surface area contributed by atoms with Crippen LogP contribution in [0.5, 0.6) is 11.5 Å². The molecule has 3 heteroatoms. The zero-order valence-electron chi connectivity index (χ0n) is 10.5. The number of para-hydroxylation sites is 1. The molecule has 3 rings (SSSR count). The lowest BCUT2D eigenvalue weighted by Crippen LogP contribution is -2.33. The largest absolute Gasteiger partial charge is 0.456 e. The van der Waals surface area contributed by atoms with Crippen molar-refractivity contribution in [1.29, 1.82) is 0 Å². The maximum atomic E-state index is 10.3. The lowest BCUT2D eigenvalue weighted by atomic mass is 9.75. The summed E-state index contributed by atoms with van der Waals surface area (Å²) in [6.45, 7) is 0. The van der Waals surface area contributed by atoms with Gasteiger partial charge in [-0.25, -0.2) is 0 Å². The van der Waals surface area contributed by atoms with E-state index in [1.807, 2.05) is 42.5 Å². The van der Waals surface area contributed by atoms with Crippen molar-refractivity contribution in [1.82, 2.24) is 0 Å². The summed E-state index contributed by atoms with van der Waals surface area (Å²) in [6, 6.07) is 15.0. The van der Waals surface area contributed by atoms with Crippen molar-refractivity contribution in [3.63, 3.8) is 0 Å². The van der Waals surface area contributed by atoms with Crippen molar-refractivity contribution in [3.05, 3.63) is 59.1 Å². The van der Waals surface area contributed by atoms with Crippen LogP contribution >= 0.6 is 11.6 Å². The molecule has 0 radical (unpaired) electrons. The molecule has 1 N–H and O–H groups in total. The van der Waals surface area contributed by atoms with Crippen molar-refractivity contribution in [2.24, 2.45) is 0 Å². The van der Waals surface area contributed by atoms with Gasteiger partial charge in [-0.05, 0) is 49.1 Å². The van der Waals surface area contributed by atoms with Crippen LogP contribution in [0.3, 0.4) is 0 Å². The van der Waals surface area contributed by atoms with Gasteiger partial charge >= 0.3 is 0 Å². The van der Waals surface area contributed by atoms with Crippen molar-refractivity contribution < 1.29 is 9.84 Å². The molecule has 0 heterocycles. The quantitative estimate of drug-likeness (QED) is 0.893. The van der Waals surface area contributed by atoms with Crippen molar-refractivity contribution in [2.45, 2.75) is 24.9 Å². The van der Waals surface area contributed by atoms with Gasteiger partial charge in [0.2, 0.25) is 0 Å². The van der Waals surface area contributed by atoms with Gasteiger partial charge in [-0.2, -0.15) is 0 Å². The highest BCUT2D eigenvalue weighted by Gasteiger charge is 2.36. The average Bonchev–Trinajstić information content (AvgIpc) is 2.39. The summed E-state index contributed by atoms with van der Waals surface area (Å²) in [4.78, 5) is 0. The van der Waals surface area contributed by atoms with E-state index in [0.717, 1.165) is 30.6 Å². The monoisotopic (exact) mass is 274 g/mol. The Bertz CT molecular complexity index is 577. The van der Waals surface area contributed by atoms with Gasteiger partial charge in [-0.15, -0.1) is 0 Å². The highest BCUT2D eigenvalue weighted by molar-refractivity contribution is 6.32. The fraction of sp³-hybridized carbons (Fsp3) is 0.250. The normalized spacial score (nSPS) is 16.7. The van der Waals surface area contributed by atoms with Crippen LogP contribution in [0.25, 0.3) is 0 Å². The molecule has 2 aromatic rings. The van der Waals surface area contributed by atoms with Crippen LogP contribution in [0, 0.1) is 0 Å². The smallest absolute Gasteiger partial charge is 0.146 e. The second-order valence-corrected chi connectivity index (χ2v) is 5.35. The Morgan fingerprint density at radius 2 is 1.79 bits per heavy atom. The predicted octanol–water partition coefficient (Wildman–Crippen LogP) is 4.50. The Morgan fingerprint density at radius 1 is 1.05 bits per heavy atom. The van der Waals surface area contributed by atoms with E-state index in [0.29, 0.717) is 10.8 Å². The highest BCUT2D eigenvalue weighted by atomic mass is 35.5. The van der Waals surface area contributed by atoms with Gasteiger partial charge in [0, 0.05) is 0 Å². The van der Waals surface area contributed by atoms with Crippen molar-refractivity contribution >= 4 is 11.6 Å². The van der Waals surface area contributed by atoms with Gasteiger partial charge in [0.25, 0.3) is 0 Å². The van der Waals surface area contributed by atoms with E-state index in [4.69, 9.17) is 16.3 Å². The zero-order valence-corrected chi connectivity index (χ0v) is 11.2. The molecule has 1 aliphatic rings. The Hall–Kier alpha value is -1.51. The van der Waals surface area contributed by atoms with E-state index in [2.05, 4.69) is 0 Å². The van der Waals surface area contributed by atoms with Crippen LogP contribution in [0.15, 0.2) is 48.5 Å². The first-order valence-electron chi connectivity index (χ1n) is 6.43. The van der Waals surface area contributed by atoms with Gasteiger partial charge in [0.15, 0.2) is 0 Å². The number of hydrogen-bond donors (Lipinski definition) is 1. The second kappa shape index (κ2) is 4.87. The van der Waals surface area contributed by atoms with Gasteiger partial charge in [-0.1, -0.05) is 35.9 Å². The summed E-state index contributed by atoms with van der Waals surface area (Å²) in [5.74, 6) is 1.36. The number of hydrogen-bond acceptors (Lipinski definition) is 2. The van der Waals surface area contributed by atoms with E-state index < -0.39 is 5.60 Å². The van der Waals surface area contributed by atoms with Gasteiger partial charge < -0.3 is 9.84 Å². The summed E-state index contributed by atoms with van der Waals surface area (Å²) >= 11 is 6.23. The number of halogens is 1. The molecule has 98 valence electrons. The molecule has 0 aromatic heterocycles. The third-order valence-corrected chi connectivity index (χ3v) is 3.92. The van der Waals surface area contributed by atoms with Gasteiger partial charge in [-0.3, -0.25) is 0 Å². The molecule has 1 saturated carbocycles. The Balaban J connectivity index is 1.84. The lowest BCUT2D eigenvalue weighted by molar-refractivity contribution is -0.0388. The molecule has 2 aromatic carbocycles. The molecule has 1 aliphatic carbocycles. The first-order valence-corrected chi connectivity index (χ1v) is 6.80. The van der Waals surface area contributed by atoms with Crippen molar-refractivity contribution in [2.75, 3.05) is 0 Å². The Labute approximate surface area is 117 Å². The summed E-state index contributed by atoms with van der Waals surface area (Å²) in [5.41, 5.74) is 0.193.